The van der Waals surface area contributed by atoms with Crippen LogP contribution in [0, 0.1) is 0 Å². The summed E-state index contributed by atoms with van der Waals surface area (Å²) in [5.74, 6) is 1.23. The molecule has 114 valence electrons. The van der Waals surface area contributed by atoms with Crippen LogP contribution in [-0.4, -0.2) is 27.6 Å². The first kappa shape index (κ1) is 16.7. The van der Waals surface area contributed by atoms with E-state index in [1.54, 1.807) is 11.8 Å². The van der Waals surface area contributed by atoms with Gasteiger partial charge in [0.05, 0.1) is 0 Å². The molecule has 0 aliphatic heterocycles. The van der Waals surface area contributed by atoms with Crippen molar-refractivity contribution in [2.45, 2.75) is 45.7 Å². The number of H-pyrrole nitrogens is 1. The minimum absolute atomic E-state index is 0.128. The summed E-state index contributed by atoms with van der Waals surface area (Å²) in [7, 11) is 0. The van der Waals surface area contributed by atoms with Gasteiger partial charge in [0.1, 0.15) is 11.5 Å². The summed E-state index contributed by atoms with van der Waals surface area (Å²) in [4.78, 5) is 26.0. The molecule has 1 heterocycles. The third-order valence-electron chi connectivity index (χ3n) is 3.12. The number of unbranched alkanes of at least 4 members (excludes halogenated alkanes) is 1. The van der Waals surface area contributed by atoms with Crippen molar-refractivity contribution in [1.29, 1.82) is 0 Å². The van der Waals surface area contributed by atoms with Crippen molar-refractivity contribution in [2.75, 3.05) is 23.1 Å². The normalized spacial score (nSPS) is 12.3. The summed E-state index contributed by atoms with van der Waals surface area (Å²) >= 11 is 1.75. The van der Waals surface area contributed by atoms with Gasteiger partial charge in [-0.2, -0.15) is 11.8 Å². The molecule has 0 aliphatic carbocycles. The number of aromatic amines is 1. The fraction of sp³-hybridized carbons (Fsp3) is 0.692. The maximum absolute atomic E-state index is 11.9. The highest BCUT2D eigenvalue weighted by Crippen LogP contribution is 2.14. The maximum Gasteiger partial charge on any atom is 0.330 e. The second-order valence-corrected chi connectivity index (χ2v) is 5.84. The number of nitrogens with zero attached hydrogens (tertiary/aromatic N) is 1. The molecule has 1 rings (SSSR count). The monoisotopic (exact) mass is 300 g/mol. The van der Waals surface area contributed by atoms with Gasteiger partial charge in [-0.05, 0) is 31.8 Å². The van der Waals surface area contributed by atoms with E-state index >= 15 is 0 Å². The average Bonchev–Trinajstić information content (AvgIpc) is 2.41. The van der Waals surface area contributed by atoms with Crippen LogP contribution in [0.15, 0.2) is 9.59 Å². The number of hydrogen-bond donors (Lipinski definition) is 3. The Balaban J connectivity index is 3.01. The first-order valence-electron chi connectivity index (χ1n) is 6.89. The van der Waals surface area contributed by atoms with E-state index in [9.17, 15) is 9.59 Å². The number of nitrogens with one attached hydrogen (secondary N) is 2. The molecule has 7 heteroatoms. The first-order valence-corrected chi connectivity index (χ1v) is 8.28. The number of nitrogens with two attached hydrogens (primary N) is 1. The smallest absolute Gasteiger partial charge is 0.330 e. The van der Waals surface area contributed by atoms with Gasteiger partial charge in [0, 0.05) is 12.6 Å². The van der Waals surface area contributed by atoms with Gasteiger partial charge in [-0.3, -0.25) is 14.3 Å². The lowest BCUT2D eigenvalue weighted by molar-refractivity contribution is 0.604. The van der Waals surface area contributed by atoms with Crippen molar-refractivity contribution in [3.05, 3.63) is 20.8 Å². The Morgan fingerprint density at radius 1 is 1.45 bits per heavy atom. The standard InChI is InChI=1S/C13H24N4O2S/c1-4-5-7-17-11(14)10(12(18)16-13(17)19)15-9(2)6-8-20-3/h9,15H,4-8,14H2,1-3H3,(H,16,18,19). The molecular weight excluding hydrogens is 276 g/mol. The molecule has 0 radical (unpaired) electrons. The fourth-order valence-corrected chi connectivity index (χ4v) is 2.47. The van der Waals surface area contributed by atoms with Gasteiger partial charge in [0.15, 0.2) is 0 Å². The predicted octanol–water partition coefficient (Wildman–Crippen LogP) is 1.47. The number of aromatic nitrogens is 2. The number of hydrogen-bond acceptors (Lipinski definition) is 5. The van der Waals surface area contributed by atoms with E-state index in [1.165, 1.54) is 4.57 Å². The highest BCUT2D eigenvalue weighted by atomic mass is 32.2. The Labute approximate surface area is 123 Å². The maximum atomic E-state index is 11.9. The van der Waals surface area contributed by atoms with Gasteiger partial charge in [-0.1, -0.05) is 13.3 Å². The summed E-state index contributed by atoms with van der Waals surface area (Å²) in [5.41, 5.74) is 5.39. The van der Waals surface area contributed by atoms with Crippen molar-refractivity contribution < 1.29 is 0 Å². The van der Waals surface area contributed by atoms with Gasteiger partial charge in [-0.15, -0.1) is 0 Å². The Kier molecular flexibility index (Phi) is 6.70. The lowest BCUT2D eigenvalue weighted by atomic mass is 10.2. The topological polar surface area (TPSA) is 92.9 Å². The second-order valence-electron chi connectivity index (χ2n) is 4.85. The Morgan fingerprint density at radius 2 is 2.15 bits per heavy atom. The van der Waals surface area contributed by atoms with E-state index in [0.29, 0.717) is 12.2 Å². The van der Waals surface area contributed by atoms with Crippen molar-refractivity contribution in [3.8, 4) is 0 Å². The zero-order valence-electron chi connectivity index (χ0n) is 12.4. The summed E-state index contributed by atoms with van der Waals surface area (Å²) in [6, 6.07) is 0.128. The molecule has 1 atom stereocenters. The van der Waals surface area contributed by atoms with Crippen LogP contribution >= 0.6 is 11.8 Å². The van der Waals surface area contributed by atoms with E-state index in [-0.39, 0.29) is 11.9 Å². The molecule has 4 N–H and O–H groups in total. The number of thioether (sulfide) groups is 1. The molecule has 0 aromatic carbocycles. The Hall–Kier alpha value is -1.37. The molecule has 0 spiro atoms. The molecule has 0 aliphatic rings. The highest BCUT2D eigenvalue weighted by Gasteiger charge is 2.13. The van der Waals surface area contributed by atoms with Crippen LogP contribution in [0.1, 0.15) is 33.1 Å². The van der Waals surface area contributed by atoms with Crippen molar-refractivity contribution in [2.24, 2.45) is 0 Å². The molecule has 1 unspecified atom stereocenters. The molecule has 20 heavy (non-hydrogen) atoms. The third kappa shape index (κ3) is 4.33. The summed E-state index contributed by atoms with van der Waals surface area (Å²) in [6.07, 6.45) is 4.77. The number of anilines is 2. The van der Waals surface area contributed by atoms with Gasteiger partial charge in [0.25, 0.3) is 5.56 Å². The molecule has 0 amide bonds. The molecule has 0 saturated carbocycles. The van der Waals surface area contributed by atoms with Crippen LogP contribution in [0.2, 0.25) is 0 Å². The van der Waals surface area contributed by atoms with Crippen LogP contribution in [-0.2, 0) is 6.54 Å². The lowest BCUT2D eigenvalue weighted by Gasteiger charge is -2.17. The summed E-state index contributed by atoms with van der Waals surface area (Å²) < 4.78 is 1.43. The van der Waals surface area contributed by atoms with E-state index in [0.717, 1.165) is 25.0 Å². The average molecular weight is 300 g/mol. The summed E-state index contributed by atoms with van der Waals surface area (Å²) in [6.45, 7) is 4.55. The first-order chi connectivity index (χ1) is 9.51. The van der Waals surface area contributed by atoms with Gasteiger partial charge < -0.3 is 11.1 Å². The van der Waals surface area contributed by atoms with E-state index < -0.39 is 11.2 Å². The largest absolute Gasteiger partial charge is 0.383 e. The molecule has 6 nitrogen and oxygen atoms in total. The fourth-order valence-electron chi connectivity index (χ4n) is 1.88. The molecule has 0 bridgehead atoms. The van der Waals surface area contributed by atoms with Gasteiger partial charge in [0.2, 0.25) is 0 Å². The lowest BCUT2D eigenvalue weighted by Crippen LogP contribution is -2.35. The van der Waals surface area contributed by atoms with Crippen molar-refractivity contribution >= 4 is 23.3 Å². The second kappa shape index (κ2) is 8.04. The minimum atomic E-state index is -0.448. The van der Waals surface area contributed by atoms with Crippen LogP contribution in [0.4, 0.5) is 11.5 Å². The van der Waals surface area contributed by atoms with E-state index in [2.05, 4.69) is 10.3 Å². The quantitative estimate of drug-likeness (QED) is 0.676. The molecule has 1 aromatic rings. The molecule has 0 saturated heterocycles. The zero-order valence-corrected chi connectivity index (χ0v) is 13.2. The molecular formula is C13H24N4O2S. The number of rotatable bonds is 8. The predicted molar refractivity (Wildman–Crippen MR) is 86.7 cm³/mol. The van der Waals surface area contributed by atoms with Gasteiger partial charge >= 0.3 is 5.69 Å². The van der Waals surface area contributed by atoms with Crippen LogP contribution in [0.25, 0.3) is 0 Å². The minimum Gasteiger partial charge on any atom is -0.383 e. The van der Waals surface area contributed by atoms with Gasteiger partial charge in [-0.25, -0.2) is 4.79 Å². The SMILES string of the molecule is CCCCn1c(N)c(NC(C)CCSC)c(=O)[nH]c1=O. The summed E-state index contributed by atoms with van der Waals surface area (Å²) in [5, 5.41) is 3.12. The van der Waals surface area contributed by atoms with E-state index in [1.807, 2.05) is 20.1 Å². The third-order valence-corrected chi connectivity index (χ3v) is 3.76. The Bertz CT molecular complexity index is 538. The van der Waals surface area contributed by atoms with Crippen LogP contribution in [0.5, 0.6) is 0 Å². The molecule has 1 aromatic heterocycles. The Morgan fingerprint density at radius 3 is 2.75 bits per heavy atom. The molecule has 0 fully saturated rings. The van der Waals surface area contributed by atoms with Crippen molar-refractivity contribution in [3.63, 3.8) is 0 Å². The highest BCUT2D eigenvalue weighted by molar-refractivity contribution is 7.98. The van der Waals surface area contributed by atoms with Crippen LogP contribution < -0.4 is 22.3 Å². The zero-order chi connectivity index (χ0) is 15.1. The van der Waals surface area contributed by atoms with Crippen LogP contribution in [0.3, 0.4) is 0 Å². The number of nitrogen functional groups attached to an aromatic ring is 1. The van der Waals surface area contributed by atoms with Crippen molar-refractivity contribution in [1.82, 2.24) is 9.55 Å². The van der Waals surface area contributed by atoms with E-state index in [4.69, 9.17) is 5.73 Å².